The van der Waals surface area contributed by atoms with Crippen molar-refractivity contribution in [2.75, 3.05) is 24.7 Å². The van der Waals surface area contributed by atoms with E-state index in [1.807, 2.05) is 6.07 Å². The molecule has 0 aliphatic carbocycles. The summed E-state index contributed by atoms with van der Waals surface area (Å²) in [4.78, 5) is 16.1. The number of carbonyl (C=O) groups is 1. The van der Waals surface area contributed by atoms with E-state index in [0.717, 1.165) is 5.56 Å². The molecule has 0 fully saturated rings. The van der Waals surface area contributed by atoms with Gasteiger partial charge in [0.25, 0.3) is 0 Å². The molecular weight excluding hydrogens is 328 g/mol. The summed E-state index contributed by atoms with van der Waals surface area (Å²) in [6.07, 6.45) is 6.25. The number of pyridine rings is 1. The van der Waals surface area contributed by atoms with Gasteiger partial charge >= 0.3 is 0 Å². The summed E-state index contributed by atoms with van der Waals surface area (Å²) in [6.45, 7) is 0. The molecule has 1 heterocycles. The van der Waals surface area contributed by atoms with Gasteiger partial charge in [-0.1, -0.05) is 6.07 Å². The molecule has 0 bridgehead atoms. The van der Waals surface area contributed by atoms with Crippen LogP contribution in [-0.4, -0.2) is 33.4 Å². The lowest BCUT2D eigenvalue weighted by Crippen LogP contribution is -2.19. The molecule has 0 saturated heterocycles. The summed E-state index contributed by atoms with van der Waals surface area (Å²) in [5.41, 5.74) is 1.76. The van der Waals surface area contributed by atoms with Gasteiger partial charge in [-0.15, -0.1) is 0 Å². The van der Waals surface area contributed by atoms with Gasteiger partial charge in [-0.2, -0.15) is 0 Å². The van der Waals surface area contributed by atoms with Crippen molar-refractivity contribution in [2.24, 2.45) is 0 Å². The van der Waals surface area contributed by atoms with Crippen LogP contribution in [0.4, 0.5) is 11.4 Å². The monoisotopic (exact) mass is 346 g/mol. The van der Waals surface area contributed by atoms with Crippen LogP contribution in [0.5, 0.6) is 0 Å². The van der Waals surface area contributed by atoms with Gasteiger partial charge in [0.15, 0.2) is 0 Å². The Morgan fingerprint density at radius 2 is 1.96 bits per heavy atom. The average molecular weight is 346 g/mol. The van der Waals surface area contributed by atoms with E-state index in [1.165, 1.54) is 25.3 Å². The molecule has 1 aromatic carbocycles. The van der Waals surface area contributed by atoms with Gasteiger partial charge in [-0.25, -0.2) is 13.1 Å². The SMILES string of the molecule is CNc1ccc(S(=O)(=O)NC)cc1NC(=O)C=Cc1cccnc1. The van der Waals surface area contributed by atoms with E-state index in [4.69, 9.17) is 0 Å². The Balaban J connectivity index is 2.23. The maximum absolute atomic E-state index is 12.1. The molecule has 0 unspecified atom stereocenters. The van der Waals surface area contributed by atoms with Crippen molar-refractivity contribution < 1.29 is 13.2 Å². The fourth-order valence-corrected chi connectivity index (χ4v) is 2.71. The predicted molar refractivity (Wildman–Crippen MR) is 94.1 cm³/mol. The van der Waals surface area contributed by atoms with Crippen LogP contribution in [0, 0.1) is 0 Å². The number of hydrogen-bond donors (Lipinski definition) is 3. The Kier molecular flexibility index (Phi) is 5.67. The topological polar surface area (TPSA) is 100 Å². The molecule has 8 heteroatoms. The molecule has 24 heavy (non-hydrogen) atoms. The quantitative estimate of drug-likeness (QED) is 0.691. The number of rotatable bonds is 6. The smallest absolute Gasteiger partial charge is 0.248 e. The maximum atomic E-state index is 12.1. The molecule has 2 rings (SSSR count). The minimum absolute atomic E-state index is 0.0653. The highest BCUT2D eigenvalue weighted by Crippen LogP contribution is 2.25. The zero-order valence-electron chi connectivity index (χ0n) is 13.3. The first kappa shape index (κ1) is 17.6. The molecule has 0 aliphatic heterocycles. The van der Waals surface area contributed by atoms with E-state index in [2.05, 4.69) is 20.3 Å². The van der Waals surface area contributed by atoms with Crippen molar-refractivity contribution in [1.29, 1.82) is 0 Å². The molecule has 3 N–H and O–H groups in total. The first-order chi connectivity index (χ1) is 11.5. The minimum Gasteiger partial charge on any atom is -0.386 e. The third kappa shape index (κ3) is 4.40. The summed E-state index contributed by atoms with van der Waals surface area (Å²) < 4.78 is 26.0. The third-order valence-corrected chi connectivity index (χ3v) is 4.62. The lowest BCUT2D eigenvalue weighted by atomic mass is 10.2. The predicted octanol–water partition coefficient (Wildman–Crippen LogP) is 1.68. The van der Waals surface area contributed by atoms with Gasteiger partial charge in [0, 0.05) is 25.5 Å². The normalized spacial score (nSPS) is 11.4. The number of hydrogen-bond acceptors (Lipinski definition) is 5. The molecule has 126 valence electrons. The van der Waals surface area contributed by atoms with E-state index in [0.29, 0.717) is 11.4 Å². The first-order valence-corrected chi connectivity index (χ1v) is 8.59. The van der Waals surface area contributed by atoms with E-state index >= 15 is 0 Å². The molecular formula is C16H18N4O3S. The van der Waals surface area contributed by atoms with Crippen molar-refractivity contribution >= 4 is 33.4 Å². The molecule has 7 nitrogen and oxygen atoms in total. The number of aromatic nitrogens is 1. The van der Waals surface area contributed by atoms with Crippen molar-refractivity contribution in [3.8, 4) is 0 Å². The minimum atomic E-state index is -3.59. The lowest BCUT2D eigenvalue weighted by molar-refractivity contribution is -0.111. The van der Waals surface area contributed by atoms with Crippen LogP contribution in [0.1, 0.15) is 5.56 Å². The highest BCUT2D eigenvalue weighted by Gasteiger charge is 2.14. The van der Waals surface area contributed by atoms with E-state index in [9.17, 15) is 13.2 Å². The summed E-state index contributed by atoms with van der Waals surface area (Å²) in [5.74, 6) is -0.380. The number of amides is 1. The Morgan fingerprint density at radius 1 is 1.17 bits per heavy atom. The first-order valence-electron chi connectivity index (χ1n) is 7.10. The van der Waals surface area contributed by atoms with Gasteiger partial charge in [0.2, 0.25) is 15.9 Å². The summed E-state index contributed by atoms with van der Waals surface area (Å²) in [7, 11) is -0.579. The van der Waals surface area contributed by atoms with Crippen molar-refractivity contribution in [1.82, 2.24) is 9.71 Å². The highest BCUT2D eigenvalue weighted by molar-refractivity contribution is 7.89. The summed E-state index contributed by atoms with van der Waals surface area (Å²) >= 11 is 0. The maximum Gasteiger partial charge on any atom is 0.248 e. The van der Waals surface area contributed by atoms with E-state index in [1.54, 1.807) is 37.7 Å². The Hall–Kier alpha value is -2.71. The standard InChI is InChI=1S/C16H18N4O3S/c1-17-14-7-6-13(24(22,23)18-2)10-15(14)20-16(21)8-5-12-4-3-9-19-11-12/h3-11,17-18H,1-2H3,(H,20,21). The molecule has 1 aromatic heterocycles. The molecule has 1 amide bonds. The summed E-state index contributed by atoms with van der Waals surface area (Å²) in [5, 5.41) is 5.57. The van der Waals surface area contributed by atoms with Crippen LogP contribution in [0.3, 0.4) is 0 Å². The Bertz CT molecular complexity index is 849. The van der Waals surface area contributed by atoms with Gasteiger partial charge in [-0.3, -0.25) is 9.78 Å². The Morgan fingerprint density at radius 3 is 2.58 bits per heavy atom. The number of anilines is 2. The second-order valence-electron chi connectivity index (χ2n) is 4.77. The van der Waals surface area contributed by atoms with Crippen molar-refractivity contribution in [3.05, 3.63) is 54.4 Å². The van der Waals surface area contributed by atoms with E-state index in [-0.39, 0.29) is 10.8 Å². The van der Waals surface area contributed by atoms with Crippen molar-refractivity contribution in [2.45, 2.75) is 4.90 Å². The zero-order valence-corrected chi connectivity index (χ0v) is 14.1. The number of nitrogens with zero attached hydrogens (tertiary/aromatic N) is 1. The number of sulfonamides is 1. The van der Waals surface area contributed by atoms with Crippen LogP contribution in [0.15, 0.2) is 53.7 Å². The molecule has 0 atom stereocenters. The Labute approximate surface area is 140 Å². The second-order valence-corrected chi connectivity index (χ2v) is 6.66. The molecule has 0 spiro atoms. The lowest BCUT2D eigenvalue weighted by Gasteiger charge is -2.12. The van der Waals surface area contributed by atoms with Gasteiger partial charge < -0.3 is 10.6 Å². The molecule has 0 saturated carbocycles. The molecule has 0 aliphatic rings. The van der Waals surface area contributed by atoms with Crippen LogP contribution >= 0.6 is 0 Å². The van der Waals surface area contributed by atoms with Crippen LogP contribution in [0.25, 0.3) is 6.08 Å². The van der Waals surface area contributed by atoms with Crippen molar-refractivity contribution in [3.63, 3.8) is 0 Å². The largest absolute Gasteiger partial charge is 0.386 e. The van der Waals surface area contributed by atoms with Crippen LogP contribution < -0.4 is 15.4 Å². The second kappa shape index (κ2) is 7.71. The molecule has 2 aromatic rings. The zero-order chi connectivity index (χ0) is 17.6. The summed E-state index contributed by atoms with van der Waals surface area (Å²) in [6, 6.07) is 8.02. The van der Waals surface area contributed by atoms with Crippen LogP contribution in [0.2, 0.25) is 0 Å². The number of carbonyl (C=O) groups excluding carboxylic acids is 1. The van der Waals surface area contributed by atoms with Gasteiger partial charge in [0.05, 0.1) is 16.3 Å². The highest BCUT2D eigenvalue weighted by atomic mass is 32.2. The fourth-order valence-electron chi connectivity index (χ4n) is 1.95. The third-order valence-electron chi connectivity index (χ3n) is 3.21. The van der Waals surface area contributed by atoms with Gasteiger partial charge in [0.1, 0.15) is 0 Å². The van der Waals surface area contributed by atoms with E-state index < -0.39 is 10.0 Å². The molecule has 0 radical (unpaired) electrons. The van der Waals surface area contributed by atoms with Gasteiger partial charge in [-0.05, 0) is 43.0 Å². The van der Waals surface area contributed by atoms with Crippen LogP contribution in [-0.2, 0) is 14.8 Å². The number of nitrogens with one attached hydrogen (secondary N) is 3. The fraction of sp³-hybridized carbons (Fsp3) is 0.125. The number of benzene rings is 1. The average Bonchev–Trinajstić information content (AvgIpc) is 2.60.